The minimum atomic E-state index is -2.90. The fourth-order valence-electron chi connectivity index (χ4n) is 5.84. The molecule has 0 spiro atoms. The molecule has 0 saturated heterocycles. The Morgan fingerprint density at radius 2 is 1.91 bits per heavy atom. The van der Waals surface area contributed by atoms with Crippen LogP contribution in [0.25, 0.3) is 0 Å². The molecule has 4 atom stereocenters. The Bertz CT molecular complexity index is 1480. The lowest BCUT2D eigenvalue weighted by molar-refractivity contribution is 0.0168. The van der Waals surface area contributed by atoms with Gasteiger partial charge in [0.15, 0.2) is 5.78 Å². The lowest BCUT2D eigenvalue weighted by Crippen LogP contribution is -2.33. The van der Waals surface area contributed by atoms with E-state index in [-0.39, 0.29) is 17.2 Å². The molecule has 0 aliphatic carbocycles. The number of nitrogens with zero attached hydrogens (tertiary/aromatic N) is 4. The van der Waals surface area contributed by atoms with Crippen molar-refractivity contribution in [3.05, 3.63) is 70.7 Å². The van der Waals surface area contributed by atoms with Crippen LogP contribution in [0.5, 0.6) is 0 Å². The summed E-state index contributed by atoms with van der Waals surface area (Å²) in [4.78, 5) is 28.5. The first-order valence-electron chi connectivity index (χ1n) is 15.0. The van der Waals surface area contributed by atoms with Crippen molar-refractivity contribution >= 4 is 34.5 Å². The number of benzene rings is 1. The molecule has 0 fully saturated rings. The fraction of sp³-hybridized carbons (Fsp3) is 0.500. The predicted molar refractivity (Wildman–Crippen MR) is 167 cm³/mol. The van der Waals surface area contributed by atoms with Crippen LogP contribution < -0.4 is 10.0 Å². The Kier molecular flexibility index (Phi) is 11.1. The molecule has 0 bridgehead atoms. The second-order valence-electron chi connectivity index (χ2n) is 12.0. The molecule has 9 nitrogen and oxygen atoms in total. The van der Waals surface area contributed by atoms with Crippen molar-refractivity contribution in [3.63, 3.8) is 0 Å². The van der Waals surface area contributed by atoms with Gasteiger partial charge in [-0.05, 0) is 67.9 Å². The number of anilines is 3. The highest BCUT2D eigenvalue weighted by atomic mass is 32.2. The van der Waals surface area contributed by atoms with Crippen LogP contribution in [0.15, 0.2) is 42.7 Å². The third-order valence-corrected chi connectivity index (χ3v) is 8.86. The van der Waals surface area contributed by atoms with Crippen LogP contribution in [0.1, 0.15) is 92.5 Å². The number of carbonyl (C=O) groups excluding carboxylic acids is 1. The van der Waals surface area contributed by atoms with Crippen molar-refractivity contribution in [1.29, 1.82) is 0 Å². The number of alkyl halides is 2. The van der Waals surface area contributed by atoms with Crippen molar-refractivity contribution in [3.8, 4) is 0 Å². The van der Waals surface area contributed by atoms with Crippen LogP contribution in [0, 0.1) is 18.8 Å². The molecule has 4 rings (SSSR count). The lowest BCUT2D eigenvalue weighted by atomic mass is 9.84. The van der Waals surface area contributed by atoms with E-state index in [1.165, 1.54) is 18.3 Å². The molecule has 3 aromatic rings. The Morgan fingerprint density at radius 1 is 1.14 bits per heavy atom. The summed E-state index contributed by atoms with van der Waals surface area (Å²) in [5.74, 6) is -1.67. The van der Waals surface area contributed by atoms with Crippen molar-refractivity contribution < 1.29 is 22.3 Å². The number of nitrogens with one attached hydrogen (secondary N) is 2. The van der Waals surface area contributed by atoms with Crippen LogP contribution in [0.2, 0.25) is 0 Å². The van der Waals surface area contributed by atoms with Gasteiger partial charge >= 0.3 is 0 Å². The molecule has 12 heteroatoms. The van der Waals surface area contributed by atoms with Crippen molar-refractivity contribution in [1.82, 2.24) is 19.9 Å². The van der Waals surface area contributed by atoms with Gasteiger partial charge in [0.25, 0.3) is 5.92 Å². The maximum atomic E-state index is 13.8. The van der Waals surface area contributed by atoms with E-state index < -0.39 is 17.2 Å². The van der Waals surface area contributed by atoms with E-state index in [9.17, 15) is 22.3 Å². The number of carbonyl (C=O) groups is 1. The highest BCUT2D eigenvalue weighted by molar-refractivity contribution is 7.80. The molecule has 0 amide bonds. The summed E-state index contributed by atoms with van der Waals surface area (Å²) in [6, 6.07) is 8.17. The minimum Gasteiger partial charge on any atom is -0.755 e. The summed E-state index contributed by atoms with van der Waals surface area (Å²) in [6.45, 7) is 10.7. The number of aryl methyl sites for hydroxylation is 1. The van der Waals surface area contributed by atoms with Gasteiger partial charge in [-0.1, -0.05) is 33.3 Å². The molecule has 44 heavy (non-hydrogen) atoms. The Balaban J connectivity index is 1.33. The van der Waals surface area contributed by atoms with Gasteiger partial charge in [-0.15, -0.1) is 0 Å². The van der Waals surface area contributed by atoms with E-state index in [1.807, 2.05) is 6.20 Å². The average molecular weight is 628 g/mol. The van der Waals surface area contributed by atoms with Gasteiger partial charge in [0.1, 0.15) is 5.82 Å². The van der Waals surface area contributed by atoms with Gasteiger partial charge in [0, 0.05) is 78.5 Å². The van der Waals surface area contributed by atoms with E-state index in [4.69, 9.17) is 4.98 Å². The molecule has 0 radical (unpaired) electrons. The van der Waals surface area contributed by atoms with Crippen LogP contribution in [0.4, 0.5) is 26.2 Å². The molecule has 0 saturated carbocycles. The fourth-order valence-corrected chi connectivity index (χ4v) is 6.12. The zero-order valence-corrected chi connectivity index (χ0v) is 26.7. The van der Waals surface area contributed by atoms with Crippen molar-refractivity contribution in [2.45, 2.75) is 91.8 Å². The zero-order valence-electron chi connectivity index (χ0n) is 25.9. The SMILES string of the molecule is CCC[C@@H](C[C@@H](C)C(C)CCC(=O)c1ccnc(NS(=O)[O-])c1)N1Cc2cnc(Nc3ccc(C(C)(F)F)c(C)c3)nc2C1. The first-order valence-corrected chi connectivity index (χ1v) is 16.1. The van der Waals surface area contributed by atoms with Crippen LogP contribution in [0.3, 0.4) is 0 Å². The molecular formula is C32H41F2N6O3S-. The van der Waals surface area contributed by atoms with E-state index >= 15 is 0 Å². The van der Waals surface area contributed by atoms with Gasteiger partial charge in [-0.2, -0.15) is 0 Å². The topological polar surface area (TPSA) is 123 Å². The third kappa shape index (κ3) is 8.86. The van der Waals surface area contributed by atoms with E-state index in [0.717, 1.165) is 50.4 Å². The smallest absolute Gasteiger partial charge is 0.270 e. The van der Waals surface area contributed by atoms with Gasteiger partial charge < -0.3 is 14.6 Å². The predicted octanol–water partition coefficient (Wildman–Crippen LogP) is 7.05. The number of Topliss-reactive ketones (excluding diaryl/α,β-unsaturated/α-hetero) is 1. The maximum absolute atomic E-state index is 13.8. The first kappa shape index (κ1) is 33.5. The average Bonchev–Trinajstić information content (AvgIpc) is 3.38. The minimum absolute atomic E-state index is 0.00231. The highest BCUT2D eigenvalue weighted by Crippen LogP contribution is 2.33. The van der Waals surface area contributed by atoms with E-state index in [1.54, 1.807) is 25.1 Å². The number of rotatable bonds is 15. The molecule has 3 heterocycles. The summed E-state index contributed by atoms with van der Waals surface area (Å²) in [7, 11) is 0. The van der Waals surface area contributed by atoms with Crippen molar-refractivity contribution in [2.75, 3.05) is 10.0 Å². The van der Waals surface area contributed by atoms with Gasteiger partial charge in [-0.3, -0.25) is 13.9 Å². The van der Waals surface area contributed by atoms with E-state index in [2.05, 4.69) is 45.7 Å². The van der Waals surface area contributed by atoms with Crippen molar-refractivity contribution in [2.24, 2.45) is 11.8 Å². The lowest BCUT2D eigenvalue weighted by Gasteiger charge is -2.31. The summed E-state index contributed by atoms with van der Waals surface area (Å²) in [6.07, 6.45) is 7.46. The monoisotopic (exact) mass is 627 g/mol. The summed E-state index contributed by atoms with van der Waals surface area (Å²) >= 11 is -2.50. The summed E-state index contributed by atoms with van der Waals surface area (Å²) < 4.78 is 51.6. The van der Waals surface area contributed by atoms with Crippen LogP contribution in [-0.4, -0.2) is 40.4 Å². The number of hydrogen-bond acceptors (Lipinski definition) is 8. The van der Waals surface area contributed by atoms with E-state index in [0.29, 0.717) is 53.6 Å². The number of aromatic nitrogens is 3. The van der Waals surface area contributed by atoms with Gasteiger partial charge in [0.2, 0.25) is 5.95 Å². The maximum Gasteiger partial charge on any atom is 0.270 e. The number of pyridine rings is 1. The largest absolute Gasteiger partial charge is 0.755 e. The molecule has 1 aliphatic rings. The Morgan fingerprint density at radius 3 is 2.59 bits per heavy atom. The standard InChI is InChI=1S/C32H42F2N6O3S/c1-6-7-26(15-21(3)20(2)8-11-29(41)23-12-13-35-30(16-23)39-44(42)43)40-18-24-17-36-31(38-28(24)19-40)37-25-9-10-27(22(4)14-25)32(5,33)34/h9-10,12-14,16-17,20-21,26H,6-8,11,15,18-19H2,1-5H3,(H,35,39)(H,42,43)(H,36,37,38)/p-1/t20?,21-,26+/m1/s1. The molecule has 1 aromatic carbocycles. The second kappa shape index (κ2) is 14.6. The van der Waals surface area contributed by atoms with Crippen LogP contribution >= 0.6 is 0 Å². The third-order valence-electron chi connectivity index (χ3n) is 8.49. The Hall–Kier alpha value is -3.35. The highest BCUT2D eigenvalue weighted by Gasteiger charge is 2.30. The first-order chi connectivity index (χ1) is 20.8. The molecule has 2 N–H and O–H groups in total. The molecular weight excluding hydrogens is 586 g/mol. The summed E-state index contributed by atoms with van der Waals surface area (Å²) in [5.41, 5.74) is 3.67. The number of ketones is 1. The molecule has 238 valence electrons. The molecule has 2 unspecified atom stereocenters. The normalized spacial score (nSPS) is 16.2. The molecule has 2 aromatic heterocycles. The van der Waals surface area contributed by atoms with Gasteiger partial charge in [-0.25, -0.2) is 23.7 Å². The Labute approximate surface area is 260 Å². The van der Waals surface area contributed by atoms with Crippen LogP contribution in [-0.2, 0) is 30.3 Å². The summed E-state index contributed by atoms with van der Waals surface area (Å²) in [5, 5.41) is 3.17. The quantitative estimate of drug-likeness (QED) is 0.136. The second-order valence-corrected chi connectivity index (χ2v) is 12.6. The zero-order chi connectivity index (χ0) is 32.0. The number of fused-ring (bicyclic) bond motifs is 1. The number of halogens is 2. The number of hydrogen-bond donors (Lipinski definition) is 2. The molecule has 1 aliphatic heterocycles. The van der Waals surface area contributed by atoms with Gasteiger partial charge in [0.05, 0.1) is 5.69 Å².